The van der Waals surface area contributed by atoms with Gasteiger partial charge in [0.1, 0.15) is 17.3 Å². The van der Waals surface area contributed by atoms with Gasteiger partial charge in [0.2, 0.25) is 0 Å². The number of halogens is 1. The zero-order valence-electron chi connectivity index (χ0n) is 10.4. The van der Waals surface area contributed by atoms with E-state index in [0.29, 0.717) is 23.6 Å². The van der Waals surface area contributed by atoms with Gasteiger partial charge >= 0.3 is 0 Å². The number of nitrogens with zero attached hydrogens (tertiary/aromatic N) is 3. The van der Waals surface area contributed by atoms with Crippen molar-refractivity contribution < 1.29 is 4.79 Å². The second-order valence-corrected chi connectivity index (χ2v) is 5.03. The molecule has 0 unspecified atom stereocenters. The van der Waals surface area contributed by atoms with Crippen molar-refractivity contribution >= 4 is 23.7 Å². The minimum absolute atomic E-state index is 0.200. The summed E-state index contributed by atoms with van der Waals surface area (Å²) in [7, 11) is 2.14. The summed E-state index contributed by atoms with van der Waals surface area (Å²) < 4.78 is 0. The van der Waals surface area contributed by atoms with E-state index < -0.39 is 0 Å². The number of carbonyl (C=O) groups is 1. The van der Waals surface area contributed by atoms with Gasteiger partial charge in [-0.2, -0.15) is 0 Å². The first-order valence-corrected chi connectivity index (χ1v) is 6.46. The first-order chi connectivity index (χ1) is 8.70. The molecule has 1 aliphatic rings. The van der Waals surface area contributed by atoms with Crippen molar-refractivity contribution in [2.45, 2.75) is 12.8 Å². The summed E-state index contributed by atoms with van der Waals surface area (Å²) in [5, 5.41) is 3.40. The zero-order valence-corrected chi connectivity index (χ0v) is 11.2. The lowest BCUT2D eigenvalue weighted by Gasteiger charge is -2.29. The number of hydrogen-bond donors (Lipinski definition) is 1. The number of hydrogen-bond acceptors (Lipinski definition) is 5. The molecular weight excluding hydrogens is 252 g/mol. The van der Waals surface area contributed by atoms with Gasteiger partial charge < -0.3 is 10.2 Å². The van der Waals surface area contributed by atoms with Crippen LogP contribution in [0, 0.1) is 5.92 Å². The molecule has 0 aliphatic carbocycles. The van der Waals surface area contributed by atoms with Gasteiger partial charge in [0.05, 0.1) is 5.56 Å². The Bertz CT molecular complexity index is 419. The molecule has 5 nitrogen and oxygen atoms in total. The first kappa shape index (κ1) is 13.2. The Morgan fingerprint density at radius 3 is 2.89 bits per heavy atom. The van der Waals surface area contributed by atoms with E-state index in [9.17, 15) is 4.79 Å². The van der Waals surface area contributed by atoms with E-state index in [1.807, 2.05) is 0 Å². The van der Waals surface area contributed by atoms with Gasteiger partial charge in [-0.05, 0) is 38.9 Å². The van der Waals surface area contributed by atoms with Gasteiger partial charge in [0.15, 0.2) is 6.29 Å². The summed E-state index contributed by atoms with van der Waals surface area (Å²) in [6.45, 7) is 3.07. The normalized spacial score (nSPS) is 17.7. The lowest BCUT2D eigenvalue weighted by Crippen LogP contribution is -2.33. The number of likely N-dealkylation sites (tertiary alicyclic amines) is 1. The lowest BCUT2D eigenvalue weighted by molar-refractivity contribution is 0.112. The number of anilines is 1. The van der Waals surface area contributed by atoms with Crippen LogP contribution < -0.4 is 5.32 Å². The number of aldehydes is 1. The maximum Gasteiger partial charge on any atom is 0.156 e. The second-order valence-electron chi connectivity index (χ2n) is 4.67. The van der Waals surface area contributed by atoms with Crippen molar-refractivity contribution in [1.29, 1.82) is 0 Å². The van der Waals surface area contributed by atoms with Crippen LogP contribution in [0.15, 0.2) is 6.33 Å². The minimum Gasteiger partial charge on any atom is -0.369 e. The Hall–Kier alpha value is -1.20. The molecule has 2 heterocycles. The molecule has 1 fully saturated rings. The highest BCUT2D eigenvalue weighted by molar-refractivity contribution is 6.32. The van der Waals surface area contributed by atoms with E-state index in [1.165, 1.54) is 19.2 Å². The summed E-state index contributed by atoms with van der Waals surface area (Å²) in [5.41, 5.74) is 0.340. The molecular formula is C12H17ClN4O. The maximum atomic E-state index is 10.9. The molecule has 0 spiro atoms. The lowest BCUT2D eigenvalue weighted by atomic mass is 9.97. The van der Waals surface area contributed by atoms with Crippen molar-refractivity contribution in [3.8, 4) is 0 Å². The number of piperidine rings is 1. The van der Waals surface area contributed by atoms with E-state index in [0.717, 1.165) is 19.6 Å². The average molecular weight is 269 g/mol. The standard InChI is InChI=1S/C12H17ClN4O/c1-17-4-2-9(3-5-17)6-14-12-10(7-18)11(13)15-8-16-12/h7-9H,2-6H2,1H3,(H,14,15,16). The highest BCUT2D eigenvalue weighted by atomic mass is 35.5. The SMILES string of the molecule is CN1CCC(CNc2ncnc(Cl)c2C=O)CC1. The molecule has 0 bridgehead atoms. The highest BCUT2D eigenvalue weighted by Crippen LogP contribution is 2.20. The summed E-state index contributed by atoms with van der Waals surface area (Å²) >= 11 is 5.84. The molecule has 1 saturated heterocycles. The fourth-order valence-corrected chi connectivity index (χ4v) is 2.30. The quantitative estimate of drug-likeness (QED) is 0.665. The molecule has 0 saturated carbocycles. The zero-order chi connectivity index (χ0) is 13.0. The smallest absolute Gasteiger partial charge is 0.156 e. The van der Waals surface area contributed by atoms with Crippen LogP contribution in [0.5, 0.6) is 0 Å². The molecule has 0 atom stereocenters. The Labute approximate surface area is 112 Å². The highest BCUT2D eigenvalue weighted by Gasteiger charge is 2.17. The maximum absolute atomic E-state index is 10.9. The molecule has 6 heteroatoms. The molecule has 2 rings (SSSR count). The summed E-state index contributed by atoms with van der Waals surface area (Å²) in [5.74, 6) is 1.15. The number of nitrogens with one attached hydrogen (secondary N) is 1. The van der Waals surface area contributed by atoms with Crippen molar-refractivity contribution in [2.24, 2.45) is 5.92 Å². The van der Waals surface area contributed by atoms with Gasteiger partial charge in [0.25, 0.3) is 0 Å². The van der Waals surface area contributed by atoms with Crippen LogP contribution in [0.3, 0.4) is 0 Å². The van der Waals surface area contributed by atoms with Crippen molar-refractivity contribution in [2.75, 3.05) is 32.0 Å². The van der Waals surface area contributed by atoms with Crippen LogP contribution in [-0.4, -0.2) is 47.8 Å². The van der Waals surface area contributed by atoms with Gasteiger partial charge in [-0.25, -0.2) is 9.97 Å². The second kappa shape index (κ2) is 6.11. The summed E-state index contributed by atoms with van der Waals surface area (Å²) in [4.78, 5) is 21.1. The summed E-state index contributed by atoms with van der Waals surface area (Å²) in [6.07, 6.45) is 4.39. The molecule has 98 valence electrons. The van der Waals surface area contributed by atoms with Crippen LogP contribution in [0.4, 0.5) is 5.82 Å². The molecule has 1 aromatic heterocycles. The molecule has 0 aromatic carbocycles. The fourth-order valence-electron chi connectivity index (χ4n) is 2.13. The molecule has 1 aliphatic heterocycles. The number of carbonyl (C=O) groups excluding carboxylic acids is 1. The van der Waals surface area contributed by atoms with E-state index in [-0.39, 0.29) is 5.15 Å². The Morgan fingerprint density at radius 1 is 1.50 bits per heavy atom. The topological polar surface area (TPSA) is 58.1 Å². The number of aromatic nitrogens is 2. The van der Waals surface area contributed by atoms with E-state index in [2.05, 4.69) is 27.2 Å². The van der Waals surface area contributed by atoms with Crippen LogP contribution >= 0.6 is 11.6 Å². The Balaban J connectivity index is 1.94. The number of rotatable bonds is 4. The van der Waals surface area contributed by atoms with E-state index in [4.69, 9.17) is 11.6 Å². The van der Waals surface area contributed by atoms with Gasteiger partial charge in [-0.3, -0.25) is 4.79 Å². The van der Waals surface area contributed by atoms with Crippen molar-refractivity contribution in [3.63, 3.8) is 0 Å². The van der Waals surface area contributed by atoms with E-state index >= 15 is 0 Å². The van der Waals surface area contributed by atoms with Gasteiger partial charge in [-0.15, -0.1) is 0 Å². The van der Waals surface area contributed by atoms with Crippen LogP contribution in [0.1, 0.15) is 23.2 Å². The minimum atomic E-state index is 0.200. The van der Waals surface area contributed by atoms with Gasteiger partial charge in [-0.1, -0.05) is 11.6 Å². The molecule has 0 amide bonds. The molecule has 1 aromatic rings. The largest absolute Gasteiger partial charge is 0.369 e. The fraction of sp³-hybridized carbons (Fsp3) is 0.583. The molecule has 1 N–H and O–H groups in total. The van der Waals surface area contributed by atoms with Crippen LogP contribution in [0.25, 0.3) is 0 Å². The first-order valence-electron chi connectivity index (χ1n) is 6.08. The van der Waals surface area contributed by atoms with Crippen LogP contribution in [0.2, 0.25) is 5.15 Å². The predicted molar refractivity (Wildman–Crippen MR) is 71.1 cm³/mol. The molecule has 18 heavy (non-hydrogen) atoms. The van der Waals surface area contributed by atoms with Gasteiger partial charge in [0, 0.05) is 6.54 Å². The van der Waals surface area contributed by atoms with Crippen molar-refractivity contribution in [3.05, 3.63) is 17.0 Å². The van der Waals surface area contributed by atoms with E-state index in [1.54, 1.807) is 0 Å². The average Bonchev–Trinajstić information content (AvgIpc) is 2.38. The monoisotopic (exact) mass is 268 g/mol. The third-order valence-electron chi connectivity index (χ3n) is 3.35. The predicted octanol–water partition coefficient (Wildman–Crippen LogP) is 1.70. The van der Waals surface area contributed by atoms with Crippen molar-refractivity contribution in [1.82, 2.24) is 14.9 Å². The summed E-state index contributed by atoms with van der Waals surface area (Å²) in [6, 6.07) is 0. The Morgan fingerprint density at radius 2 is 2.22 bits per heavy atom. The third kappa shape index (κ3) is 3.17. The molecule has 0 radical (unpaired) electrons. The third-order valence-corrected chi connectivity index (χ3v) is 3.65. The van der Waals surface area contributed by atoms with Crippen LogP contribution in [-0.2, 0) is 0 Å². The Kier molecular flexibility index (Phi) is 4.49.